The number of Topliss-reactive ketones (excluding diaryl/α,β-unsaturated/α-hetero) is 1. The maximum atomic E-state index is 12.6. The largest absolute Gasteiger partial charge is 0.515 e. The van der Waals surface area contributed by atoms with Crippen molar-refractivity contribution in [2.75, 3.05) is 6.61 Å². The van der Waals surface area contributed by atoms with Crippen LogP contribution in [0, 0.1) is 5.41 Å². The molecule has 0 atom stereocenters. The number of aliphatic hydroxyl groups is 1. The molecule has 0 spiro atoms. The summed E-state index contributed by atoms with van der Waals surface area (Å²) in [5.74, 6) is 0.175. The van der Waals surface area contributed by atoms with E-state index in [1.807, 2.05) is 26.0 Å². The van der Waals surface area contributed by atoms with Gasteiger partial charge in [0, 0.05) is 17.1 Å². The summed E-state index contributed by atoms with van der Waals surface area (Å²) in [6.45, 7) is 4.40. The summed E-state index contributed by atoms with van der Waals surface area (Å²) in [7, 11) is 0. The number of carbonyl (C=O) groups excluding carboxylic acids is 1. The number of aromatic hydroxyl groups is 1. The van der Waals surface area contributed by atoms with Gasteiger partial charge in [-0.05, 0) is 49.3 Å². The van der Waals surface area contributed by atoms with E-state index in [1.54, 1.807) is 0 Å². The molecular weight excluding hydrogens is 352 g/mol. The van der Waals surface area contributed by atoms with Crippen LogP contribution < -0.4 is 4.74 Å². The second-order valence-electron chi connectivity index (χ2n) is 8.05. The van der Waals surface area contributed by atoms with Crippen molar-refractivity contribution in [1.82, 2.24) is 0 Å². The van der Waals surface area contributed by atoms with Gasteiger partial charge in [-0.25, -0.2) is 0 Å². The normalized spacial score (nSPS) is 16.8. The Kier molecular flexibility index (Phi) is 6.08. The van der Waals surface area contributed by atoms with Crippen molar-refractivity contribution in [2.24, 2.45) is 5.41 Å². The number of aliphatic hydroxyl groups excluding tert-OH is 1. The lowest BCUT2D eigenvalue weighted by atomic mass is 9.70. The van der Waals surface area contributed by atoms with Crippen molar-refractivity contribution < 1.29 is 19.7 Å². The van der Waals surface area contributed by atoms with E-state index < -0.39 is 5.41 Å². The third-order valence-electron chi connectivity index (χ3n) is 5.36. The van der Waals surface area contributed by atoms with Crippen LogP contribution in [0.5, 0.6) is 11.5 Å². The quantitative estimate of drug-likeness (QED) is 0.384. The summed E-state index contributed by atoms with van der Waals surface area (Å²) in [5, 5.41) is 19.8. The average Bonchev–Trinajstić information content (AvgIpc) is 2.64. The third-order valence-corrected chi connectivity index (χ3v) is 5.36. The zero-order valence-electron chi connectivity index (χ0n) is 16.6. The first-order valence-corrected chi connectivity index (χ1v) is 9.84. The van der Waals surface area contributed by atoms with Crippen molar-refractivity contribution in [3.8, 4) is 11.5 Å². The van der Waals surface area contributed by atoms with E-state index >= 15 is 0 Å². The van der Waals surface area contributed by atoms with Crippen LogP contribution in [0.15, 0.2) is 54.3 Å². The number of allylic oxidation sites excluding steroid dienone is 1. The number of benzene rings is 2. The predicted molar refractivity (Wildman–Crippen MR) is 110 cm³/mol. The van der Waals surface area contributed by atoms with Gasteiger partial charge in [0.05, 0.1) is 18.4 Å². The Balaban J connectivity index is 1.56. The third kappa shape index (κ3) is 4.38. The van der Waals surface area contributed by atoms with E-state index in [0.29, 0.717) is 24.4 Å². The van der Waals surface area contributed by atoms with Gasteiger partial charge in [0.1, 0.15) is 11.5 Å². The average molecular weight is 380 g/mol. The molecule has 0 radical (unpaired) electrons. The Bertz CT molecular complexity index is 866. The lowest BCUT2D eigenvalue weighted by Gasteiger charge is -2.32. The number of hydrogen-bond donors (Lipinski definition) is 2. The molecule has 0 saturated heterocycles. The Morgan fingerprint density at radius 3 is 2.57 bits per heavy atom. The van der Waals surface area contributed by atoms with Crippen LogP contribution in [-0.2, 0) is 12.8 Å². The second-order valence-corrected chi connectivity index (χ2v) is 8.05. The first-order chi connectivity index (χ1) is 13.4. The van der Waals surface area contributed by atoms with E-state index in [0.717, 1.165) is 37.5 Å². The summed E-state index contributed by atoms with van der Waals surface area (Å²) < 4.78 is 5.83. The molecule has 148 valence electrons. The van der Waals surface area contributed by atoms with E-state index in [1.165, 1.54) is 11.6 Å². The van der Waals surface area contributed by atoms with Crippen LogP contribution in [0.3, 0.4) is 0 Å². The van der Waals surface area contributed by atoms with Crippen LogP contribution in [-0.4, -0.2) is 22.6 Å². The van der Waals surface area contributed by atoms with Crippen LogP contribution >= 0.6 is 0 Å². The van der Waals surface area contributed by atoms with Crippen molar-refractivity contribution >= 4 is 5.78 Å². The maximum Gasteiger partial charge on any atom is 0.196 e. The highest BCUT2D eigenvalue weighted by Crippen LogP contribution is 2.43. The zero-order valence-corrected chi connectivity index (χ0v) is 16.6. The minimum absolute atomic E-state index is 0.0866. The molecule has 0 unspecified atom stereocenters. The fraction of sp³-hybridized carbons (Fsp3) is 0.375. The lowest BCUT2D eigenvalue weighted by Crippen LogP contribution is -2.30. The van der Waals surface area contributed by atoms with Gasteiger partial charge < -0.3 is 14.9 Å². The molecule has 4 heteroatoms. The molecule has 0 heterocycles. The highest BCUT2D eigenvalue weighted by atomic mass is 16.5. The molecule has 0 amide bonds. The number of fused-ring (bicyclic) bond motifs is 1. The molecule has 2 aromatic rings. The molecule has 0 saturated carbocycles. The number of ether oxygens (including phenoxy) is 1. The van der Waals surface area contributed by atoms with Crippen molar-refractivity contribution in [1.29, 1.82) is 0 Å². The summed E-state index contributed by atoms with van der Waals surface area (Å²) in [5.41, 5.74) is 2.23. The van der Waals surface area contributed by atoms with Crippen molar-refractivity contribution in [3.05, 3.63) is 71.0 Å². The maximum absolute atomic E-state index is 12.6. The van der Waals surface area contributed by atoms with Gasteiger partial charge in [-0.2, -0.15) is 0 Å². The topological polar surface area (TPSA) is 66.8 Å². The van der Waals surface area contributed by atoms with Crippen LogP contribution in [0.2, 0.25) is 0 Å². The molecule has 2 aromatic carbocycles. The first-order valence-electron chi connectivity index (χ1n) is 9.84. The molecule has 1 aliphatic rings. The van der Waals surface area contributed by atoms with Gasteiger partial charge >= 0.3 is 0 Å². The Labute approximate surface area is 166 Å². The smallest absolute Gasteiger partial charge is 0.196 e. The fourth-order valence-electron chi connectivity index (χ4n) is 3.83. The summed E-state index contributed by atoms with van der Waals surface area (Å²) in [4.78, 5) is 12.6. The Hall–Kier alpha value is -2.75. The van der Waals surface area contributed by atoms with E-state index in [9.17, 15) is 15.0 Å². The van der Waals surface area contributed by atoms with E-state index in [2.05, 4.69) is 24.3 Å². The van der Waals surface area contributed by atoms with E-state index in [-0.39, 0.29) is 17.1 Å². The number of hydrogen-bond acceptors (Lipinski definition) is 4. The number of rotatable bonds is 7. The molecular formula is C24H28O4. The molecule has 3 rings (SSSR count). The van der Waals surface area contributed by atoms with Crippen molar-refractivity contribution in [3.63, 3.8) is 0 Å². The molecule has 0 bridgehead atoms. The number of phenolic OH excluding ortho intramolecular Hbond substituents is 1. The number of aryl methyl sites for hydroxylation is 1. The molecule has 2 N–H and O–H groups in total. The van der Waals surface area contributed by atoms with Gasteiger partial charge in [-0.1, -0.05) is 44.2 Å². The molecule has 0 aromatic heterocycles. The van der Waals surface area contributed by atoms with Crippen LogP contribution in [0.1, 0.15) is 54.6 Å². The Morgan fingerprint density at radius 2 is 1.86 bits per heavy atom. The van der Waals surface area contributed by atoms with Gasteiger partial charge in [0.25, 0.3) is 0 Å². The van der Waals surface area contributed by atoms with Gasteiger partial charge in [-0.15, -0.1) is 0 Å². The minimum Gasteiger partial charge on any atom is -0.515 e. The zero-order chi connectivity index (χ0) is 20.1. The minimum atomic E-state index is -0.485. The monoisotopic (exact) mass is 380 g/mol. The lowest BCUT2D eigenvalue weighted by molar-refractivity contribution is 0.0987. The summed E-state index contributed by atoms with van der Waals surface area (Å²) in [6.07, 6.45) is 5.61. The van der Waals surface area contributed by atoms with Gasteiger partial charge in [0.2, 0.25) is 0 Å². The molecule has 4 nitrogen and oxygen atoms in total. The molecule has 1 aliphatic carbocycles. The fourth-order valence-corrected chi connectivity index (χ4v) is 3.83. The van der Waals surface area contributed by atoms with Crippen LogP contribution in [0.25, 0.3) is 0 Å². The van der Waals surface area contributed by atoms with Crippen molar-refractivity contribution in [2.45, 2.75) is 46.0 Å². The number of unbranched alkanes of at least 4 members (excludes halogenated alkanes) is 2. The highest BCUT2D eigenvalue weighted by Gasteiger charge is 2.38. The SMILES string of the molecule is CC1(C)Cc2cc(OCCCCCc3ccccc3)cc(O)c2C(=O)C1=CO. The summed E-state index contributed by atoms with van der Waals surface area (Å²) >= 11 is 0. The van der Waals surface area contributed by atoms with Gasteiger partial charge in [0.15, 0.2) is 5.78 Å². The predicted octanol–water partition coefficient (Wildman–Crippen LogP) is 5.39. The molecule has 0 fully saturated rings. The number of carbonyl (C=O) groups is 1. The Morgan fingerprint density at radius 1 is 1.11 bits per heavy atom. The second kappa shape index (κ2) is 8.51. The number of phenols is 1. The van der Waals surface area contributed by atoms with E-state index in [4.69, 9.17) is 4.74 Å². The number of ketones is 1. The van der Waals surface area contributed by atoms with Gasteiger partial charge in [-0.3, -0.25) is 4.79 Å². The van der Waals surface area contributed by atoms with Crippen LogP contribution in [0.4, 0.5) is 0 Å². The highest BCUT2D eigenvalue weighted by molar-refractivity contribution is 6.13. The summed E-state index contributed by atoms with van der Waals surface area (Å²) in [6, 6.07) is 13.8. The first kappa shape index (κ1) is 20.0. The molecule has 0 aliphatic heterocycles. The standard InChI is InChI=1S/C24H28O4/c1-24(2)15-18-13-19(14-21(26)22(18)23(27)20(24)16-25)28-12-8-4-7-11-17-9-5-3-6-10-17/h3,5-6,9-10,13-14,16,25-26H,4,7-8,11-12,15H2,1-2H3. The molecule has 28 heavy (non-hydrogen) atoms.